The van der Waals surface area contributed by atoms with E-state index in [-0.39, 0.29) is 22.5 Å². The molecule has 30 heavy (non-hydrogen) atoms. The summed E-state index contributed by atoms with van der Waals surface area (Å²) < 4.78 is 5.94. The summed E-state index contributed by atoms with van der Waals surface area (Å²) >= 11 is 0. The van der Waals surface area contributed by atoms with Crippen molar-refractivity contribution in [2.24, 2.45) is 0 Å². The summed E-state index contributed by atoms with van der Waals surface area (Å²) in [5.41, 5.74) is 2.97. The van der Waals surface area contributed by atoms with Gasteiger partial charge in [0.25, 0.3) is 5.91 Å². The zero-order valence-electron chi connectivity index (χ0n) is 16.4. The van der Waals surface area contributed by atoms with Crippen molar-refractivity contribution < 1.29 is 14.3 Å². The maximum absolute atomic E-state index is 13.5. The Balaban J connectivity index is 1.83. The quantitative estimate of drug-likeness (QED) is 0.545. The molecule has 5 rings (SSSR count). The van der Waals surface area contributed by atoms with E-state index in [1.54, 1.807) is 36.5 Å². The maximum Gasteiger partial charge on any atom is 0.296 e. The van der Waals surface area contributed by atoms with E-state index in [9.17, 15) is 14.7 Å². The summed E-state index contributed by atoms with van der Waals surface area (Å²) in [4.78, 5) is 32.8. The van der Waals surface area contributed by atoms with E-state index < -0.39 is 11.9 Å². The van der Waals surface area contributed by atoms with Crippen molar-refractivity contribution >= 4 is 22.7 Å². The number of amides is 1. The number of benzene rings is 2. The van der Waals surface area contributed by atoms with Crippen LogP contribution in [0.3, 0.4) is 0 Å². The predicted octanol–water partition coefficient (Wildman–Crippen LogP) is 4.26. The standard InChI is InChI=1S/C24H18N2O4/c1-13-3-8-18-17(11-13)22(28)20-21(15-4-6-16(27)7-5-15)26(24(29)23(20)30-18)19-12-14(2)9-10-25-19/h3-12,21,27H,1-2H3. The van der Waals surface area contributed by atoms with Crippen LogP contribution < -0.4 is 10.3 Å². The van der Waals surface area contributed by atoms with Gasteiger partial charge in [0.2, 0.25) is 5.76 Å². The summed E-state index contributed by atoms with van der Waals surface area (Å²) in [7, 11) is 0. The molecule has 1 atom stereocenters. The second-order valence-electron chi connectivity index (χ2n) is 7.53. The fourth-order valence-electron chi connectivity index (χ4n) is 3.95. The van der Waals surface area contributed by atoms with Gasteiger partial charge in [0, 0.05) is 6.20 Å². The monoisotopic (exact) mass is 398 g/mol. The maximum atomic E-state index is 13.5. The Morgan fingerprint density at radius 2 is 1.70 bits per heavy atom. The fourth-order valence-corrected chi connectivity index (χ4v) is 3.95. The Hall–Kier alpha value is -3.93. The van der Waals surface area contributed by atoms with Gasteiger partial charge in [0.05, 0.1) is 17.0 Å². The van der Waals surface area contributed by atoms with Crippen molar-refractivity contribution in [1.82, 2.24) is 4.98 Å². The molecule has 1 amide bonds. The highest BCUT2D eigenvalue weighted by molar-refractivity contribution is 6.10. The highest BCUT2D eigenvalue weighted by Crippen LogP contribution is 2.41. The zero-order chi connectivity index (χ0) is 21.0. The van der Waals surface area contributed by atoms with Crippen molar-refractivity contribution in [3.05, 3.63) is 99.0 Å². The fraction of sp³-hybridized carbons (Fsp3) is 0.125. The first-order valence-electron chi connectivity index (χ1n) is 9.56. The lowest BCUT2D eigenvalue weighted by Crippen LogP contribution is -2.30. The lowest BCUT2D eigenvalue weighted by molar-refractivity contribution is 0.0970. The second kappa shape index (κ2) is 6.56. The number of pyridine rings is 1. The van der Waals surface area contributed by atoms with Gasteiger partial charge in [-0.1, -0.05) is 23.8 Å². The normalized spacial score (nSPS) is 15.6. The van der Waals surface area contributed by atoms with Crippen LogP contribution in [0.25, 0.3) is 11.0 Å². The number of aryl methyl sites for hydroxylation is 2. The Morgan fingerprint density at radius 3 is 2.43 bits per heavy atom. The molecule has 0 radical (unpaired) electrons. The van der Waals surface area contributed by atoms with Crippen molar-refractivity contribution in [3.63, 3.8) is 0 Å². The number of rotatable bonds is 2. The number of hydrogen-bond acceptors (Lipinski definition) is 5. The molecule has 0 aliphatic carbocycles. The predicted molar refractivity (Wildman–Crippen MR) is 113 cm³/mol. The number of phenols is 1. The van der Waals surface area contributed by atoms with Gasteiger partial charge < -0.3 is 9.52 Å². The average molecular weight is 398 g/mol. The molecule has 3 heterocycles. The second-order valence-corrected chi connectivity index (χ2v) is 7.53. The molecule has 0 saturated heterocycles. The van der Waals surface area contributed by atoms with E-state index in [4.69, 9.17) is 4.42 Å². The number of carbonyl (C=O) groups excluding carboxylic acids is 1. The van der Waals surface area contributed by atoms with Crippen LogP contribution in [0, 0.1) is 13.8 Å². The molecule has 2 aromatic heterocycles. The summed E-state index contributed by atoms with van der Waals surface area (Å²) in [6.45, 7) is 3.81. The highest BCUT2D eigenvalue weighted by Gasteiger charge is 2.44. The molecule has 148 valence electrons. The largest absolute Gasteiger partial charge is 0.508 e. The van der Waals surface area contributed by atoms with Gasteiger partial charge in [-0.2, -0.15) is 0 Å². The van der Waals surface area contributed by atoms with Crippen molar-refractivity contribution in [2.75, 3.05) is 4.90 Å². The minimum Gasteiger partial charge on any atom is -0.508 e. The van der Waals surface area contributed by atoms with Gasteiger partial charge in [0.15, 0.2) is 5.43 Å². The van der Waals surface area contributed by atoms with E-state index >= 15 is 0 Å². The number of fused-ring (bicyclic) bond motifs is 2. The lowest BCUT2D eigenvalue weighted by Gasteiger charge is -2.24. The molecular weight excluding hydrogens is 380 g/mol. The molecular formula is C24H18N2O4. The first-order chi connectivity index (χ1) is 14.4. The third-order valence-electron chi connectivity index (χ3n) is 5.38. The molecule has 1 aliphatic heterocycles. The molecule has 1 unspecified atom stereocenters. The topological polar surface area (TPSA) is 83.6 Å². The van der Waals surface area contributed by atoms with Gasteiger partial charge in [-0.05, 0) is 61.4 Å². The van der Waals surface area contributed by atoms with Crippen LogP contribution in [0.4, 0.5) is 5.82 Å². The number of phenolic OH excluding ortho intramolecular Hbond substituents is 1. The van der Waals surface area contributed by atoms with Crippen molar-refractivity contribution in [3.8, 4) is 5.75 Å². The van der Waals surface area contributed by atoms with Gasteiger partial charge >= 0.3 is 0 Å². The highest BCUT2D eigenvalue weighted by atomic mass is 16.3. The SMILES string of the molecule is Cc1ccnc(N2C(=O)c3oc4ccc(C)cc4c(=O)c3C2c2ccc(O)cc2)c1. The smallest absolute Gasteiger partial charge is 0.296 e. The van der Waals surface area contributed by atoms with Crippen LogP contribution in [0.15, 0.2) is 70.0 Å². The van der Waals surface area contributed by atoms with Crippen LogP contribution in [0.2, 0.25) is 0 Å². The zero-order valence-corrected chi connectivity index (χ0v) is 16.4. The molecule has 0 spiro atoms. The average Bonchev–Trinajstić information content (AvgIpc) is 3.02. The van der Waals surface area contributed by atoms with Gasteiger partial charge in [-0.15, -0.1) is 0 Å². The number of anilines is 1. The first kappa shape index (κ1) is 18.1. The lowest BCUT2D eigenvalue weighted by atomic mass is 9.98. The van der Waals surface area contributed by atoms with Gasteiger partial charge in [-0.25, -0.2) is 4.98 Å². The minimum atomic E-state index is -0.705. The van der Waals surface area contributed by atoms with Crippen LogP contribution >= 0.6 is 0 Å². The van der Waals surface area contributed by atoms with E-state index in [0.717, 1.165) is 11.1 Å². The summed E-state index contributed by atoms with van der Waals surface area (Å²) in [6.07, 6.45) is 1.63. The molecule has 6 heteroatoms. The van der Waals surface area contributed by atoms with Crippen LogP contribution in [0.5, 0.6) is 5.75 Å². The van der Waals surface area contributed by atoms with E-state index in [1.807, 2.05) is 26.0 Å². The summed E-state index contributed by atoms with van der Waals surface area (Å²) in [5, 5.41) is 10.2. The molecule has 1 aliphatic rings. The summed E-state index contributed by atoms with van der Waals surface area (Å²) in [5.74, 6) is 0.146. The molecule has 2 aromatic carbocycles. The van der Waals surface area contributed by atoms with Crippen LogP contribution in [-0.2, 0) is 0 Å². The molecule has 0 saturated carbocycles. The van der Waals surface area contributed by atoms with Crippen LogP contribution in [-0.4, -0.2) is 16.0 Å². The molecule has 4 aromatic rings. The number of hydrogen-bond donors (Lipinski definition) is 1. The Kier molecular flexibility index (Phi) is 3.96. The van der Waals surface area contributed by atoms with E-state index in [0.29, 0.717) is 22.4 Å². The molecule has 6 nitrogen and oxygen atoms in total. The van der Waals surface area contributed by atoms with Gasteiger partial charge in [-0.3, -0.25) is 14.5 Å². The molecule has 0 fully saturated rings. The molecule has 0 bridgehead atoms. The molecule has 1 N–H and O–H groups in total. The van der Waals surface area contributed by atoms with E-state index in [2.05, 4.69) is 4.98 Å². The van der Waals surface area contributed by atoms with Crippen molar-refractivity contribution in [2.45, 2.75) is 19.9 Å². The van der Waals surface area contributed by atoms with E-state index in [1.165, 1.54) is 17.0 Å². The van der Waals surface area contributed by atoms with Gasteiger partial charge in [0.1, 0.15) is 17.2 Å². The number of aromatic nitrogens is 1. The number of aromatic hydroxyl groups is 1. The Bertz CT molecular complexity index is 1370. The first-order valence-corrected chi connectivity index (χ1v) is 9.56. The third kappa shape index (κ3) is 2.69. The third-order valence-corrected chi connectivity index (χ3v) is 5.38. The van der Waals surface area contributed by atoms with Crippen molar-refractivity contribution in [1.29, 1.82) is 0 Å². The number of nitrogens with zero attached hydrogens (tertiary/aromatic N) is 2. The number of carbonyl (C=O) groups is 1. The Labute approximate surface area is 172 Å². The summed E-state index contributed by atoms with van der Waals surface area (Å²) in [6, 6.07) is 14.7. The van der Waals surface area contributed by atoms with Crippen LogP contribution in [0.1, 0.15) is 38.9 Å². The minimum absolute atomic E-state index is 0.0257. The Morgan fingerprint density at radius 1 is 0.967 bits per heavy atom.